The summed E-state index contributed by atoms with van der Waals surface area (Å²) in [7, 11) is 0. The minimum atomic E-state index is -0.0273. The predicted octanol–water partition coefficient (Wildman–Crippen LogP) is 2.41. The maximum absolute atomic E-state index is 11.5. The average molecular weight is 222 g/mol. The summed E-state index contributed by atoms with van der Waals surface area (Å²) in [5.41, 5.74) is 2.32. The van der Waals surface area contributed by atoms with Crippen molar-refractivity contribution in [3.63, 3.8) is 0 Å². The second-order valence-corrected chi connectivity index (χ2v) is 4.00. The highest BCUT2D eigenvalue weighted by atomic mass is 35.5. The first-order valence-electron chi connectivity index (χ1n) is 4.90. The van der Waals surface area contributed by atoms with Crippen molar-refractivity contribution in [2.75, 3.05) is 6.54 Å². The van der Waals surface area contributed by atoms with Gasteiger partial charge in [0.2, 0.25) is 5.91 Å². The second-order valence-electron chi connectivity index (χ2n) is 3.59. The van der Waals surface area contributed by atoms with Crippen LogP contribution in [0, 0.1) is 0 Å². The molecule has 0 radical (unpaired) electrons. The summed E-state index contributed by atoms with van der Waals surface area (Å²) in [5, 5.41) is 0.745. The van der Waals surface area contributed by atoms with Gasteiger partial charge in [-0.25, -0.2) is 0 Å². The van der Waals surface area contributed by atoms with Crippen molar-refractivity contribution in [3.05, 3.63) is 47.0 Å². The third-order valence-electron chi connectivity index (χ3n) is 2.70. The van der Waals surface area contributed by atoms with Gasteiger partial charge in [-0.1, -0.05) is 30.3 Å². The molecule has 0 unspecified atom stereocenters. The van der Waals surface area contributed by atoms with E-state index < -0.39 is 0 Å². The van der Waals surface area contributed by atoms with Crippen molar-refractivity contribution in [2.24, 2.45) is 0 Å². The third kappa shape index (κ3) is 1.90. The van der Waals surface area contributed by atoms with E-state index in [1.165, 1.54) is 11.6 Å². The smallest absolute Gasteiger partial charge is 0.246 e. The molecule has 3 heteroatoms. The van der Waals surface area contributed by atoms with Gasteiger partial charge in [-0.15, -0.1) is 0 Å². The molecule has 2 nitrogen and oxygen atoms in total. The number of benzene rings is 1. The van der Waals surface area contributed by atoms with Crippen LogP contribution in [0.3, 0.4) is 0 Å². The predicted molar refractivity (Wildman–Crippen MR) is 60.8 cm³/mol. The molecule has 0 bridgehead atoms. The van der Waals surface area contributed by atoms with Crippen LogP contribution in [0.25, 0.3) is 0 Å². The Morgan fingerprint density at radius 3 is 3.07 bits per heavy atom. The molecule has 1 aliphatic heterocycles. The molecule has 0 saturated carbocycles. The van der Waals surface area contributed by atoms with Crippen LogP contribution in [0.4, 0.5) is 0 Å². The highest BCUT2D eigenvalue weighted by Gasteiger charge is 2.20. The summed E-state index contributed by atoms with van der Waals surface area (Å²) >= 11 is 6.09. The molecule has 0 aromatic heterocycles. The lowest BCUT2D eigenvalue weighted by atomic mass is 10.00. The highest BCUT2D eigenvalue weighted by molar-refractivity contribution is 6.31. The van der Waals surface area contributed by atoms with Crippen LogP contribution < -0.4 is 0 Å². The molecule has 1 aliphatic rings. The Morgan fingerprint density at radius 2 is 2.33 bits per heavy atom. The van der Waals surface area contributed by atoms with Crippen LogP contribution in [-0.4, -0.2) is 17.4 Å². The van der Waals surface area contributed by atoms with Gasteiger partial charge < -0.3 is 4.90 Å². The van der Waals surface area contributed by atoms with Crippen molar-refractivity contribution in [2.45, 2.75) is 13.0 Å². The first kappa shape index (κ1) is 10.2. The van der Waals surface area contributed by atoms with E-state index in [4.69, 9.17) is 11.6 Å². The van der Waals surface area contributed by atoms with E-state index >= 15 is 0 Å². The number of fused-ring (bicyclic) bond motifs is 1. The highest BCUT2D eigenvalue weighted by Crippen LogP contribution is 2.26. The van der Waals surface area contributed by atoms with Gasteiger partial charge in [0.15, 0.2) is 0 Å². The quantitative estimate of drug-likeness (QED) is 0.667. The summed E-state index contributed by atoms with van der Waals surface area (Å²) in [6.07, 6.45) is 2.22. The molecule has 1 aromatic rings. The number of amides is 1. The minimum absolute atomic E-state index is 0.0273. The van der Waals surface area contributed by atoms with E-state index in [9.17, 15) is 4.79 Å². The van der Waals surface area contributed by atoms with Crippen LogP contribution in [-0.2, 0) is 17.8 Å². The Bertz CT molecular complexity index is 414. The number of hydrogen-bond acceptors (Lipinski definition) is 1. The standard InChI is InChI=1S/C12H12ClNO/c1-2-12(15)14-7-6-9-4-3-5-11(13)10(9)8-14/h2-5H,1,6-8H2. The molecule has 1 heterocycles. The molecule has 1 amide bonds. The molecular formula is C12H12ClNO. The summed E-state index contributed by atoms with van der Waals surface area (Å²) in [4.78, 5) is 13.2. The van der Waals surface area contributed by atoms with Gasteiger partial charge >= 0.3 is 0 Å². The Labute approximate surface area is 94.2 Å². The van der Waals surface area contributed by atoms with Gasteiger partial charge in [-0.05, 0) is 29.7 Å². The van der Waals surface area contributed by atoms with E-state index in [1.807, 2.05) is 12.1 Å². The Balaban J connectivity index is 2.29. The summed E-state index contributed by atoms with van der Waals surface area (Å²) in [6.45, 7) is 4.84. The Morgan fingerprint density at radius 1 is 1.53 bits per heavy atom. The minimum Gasteiger partial charge on any atom is -0.334 e. The molecule has 0 fully saturated rings. The zero-order valence-corrected chi connectivity index (χ0v) is 9.13. The maximum Gasteiger partial charge on any atom is 0.246 e. The van der Waals surface area contributed by atoms with Crippen molar-refractivity contribution in [1.29, 1.82) is 0 Å². The van der Waals surface area contributed by atoms with E-state index in [1.54, 1.807) is 4.90 Å². The van der Waals surface area contributed by atoms with Crippen LogP contribution >= 0.6 is 11.6 Å². The lowest BCUT2D eigenvalue weighted by molar-refractivity contribution is -0.126. The SMILES string of the molecule is C=CC(=O)N1CCc2cccc(Cl)c2C1. The molecule has 78 valence electrons. The summed E-state index contributed by atoms with van der Waals surface area (Å²) in [6, 6.07) is 5.88. The van der Waals surface area contributed by atoms with Gasteiger partial charge in [0.1, 0.15) is 0 Å². The van der Waals surface area contributed by atoms with Crippen LogP contribution in [0.2, 0.25) is 5.02 Å². The van der Waals surface area contributed by atoms with Crippen LogP contribution in [0.5, 0.6) is 0 Å². The second kappa shape index (κ2) is 4.07. The van der Waals surface area contributed by atoms with E-state index in [0.29, 0.717) is 6.54 Å². The summed E-state index contributed by atoms with van der Waals surface area (Å²) in [5.74, 6) is -0.0273. The molecule has 0 aliphatic carbocycles. The Hall–Kier alpha value is -1.28. The number of halogens is 1. The number of hydrogen-bond donors (Lipinski definition) is 0. The zero-order chi connectivity index (χ0) is 10.8. The lowest BCUT2D eigenvalue weighted by Crippen LogP contribution is -2.34. The van der Waals surface area contributed by atoms with Crippen molar-refractivity contribution in [3.8, 4) is 0 Å². The fourth-order valence-electron chi connectivity index (χ4n) is 1.86. The molecular weight excluding hydrogens is 210 g/mol. The summed E-state index contributed by atoms with van der Waals surface area (Å²) < 4.78 is 0. The lowest BCUT2D eigenvalue weighted by Gasteiger charge is -2.28. The first-order chi connectivity index (χ1) is 7.22. The Kier molecular flexibility index (Phi) is 2.78. The van der Waals surface area contributed by atoms with Gasteiger partial charge in [-0.3, -0.25) is 4.79 Å². The molecule has 1 aromatic carbocycles. The molecule has 0 saturated heterocycles. The molecule has 0 N–H and O–H groups in total. The maximum atomic E-state index is 11.5. The van der Waals surface area contributed by atoms with Gasteiger partial charge in [0.05, 0.1) is 0 Å². The average Bonchev–Trinajstić information content (AvgIpc) is 2.28. The van der Waals surface area contributed by atoms with Crippen molar-refractivity contribution < 1.29 is 4.79 Å². The van der Waals surface area contributed by atoms with Crippen molar-refractivity contribution in [1.82, 2.24) is 4.90 Å². The normalized spacial score (nSPS) is 14.6. The van der Waals surface area contributed by atoms with Gasteiger partial charge in [0, 0.05) is 18.1 Å². The largest absolute Gasteiger partial charge is 0.334 e. The molecule has 2 rings (SSSR count). The number of nitrogens with zero attached hydrogens (tertiary/aromatic N) is 1. The molecule has 15 heavy (non-hydrogen) atoms. The van der Waals surface area contributed by atoms with Gasteiger partial charge in [0.25, 0.3) is 0 Å². The number of carbonyl (C=O) groups is 1. The first-order valence-corrected chi connectivity index (χ1v) is 5.28. The molecule has 0 atom stereocenters. The van der Waals surface area contributed by atoms with E-state index in [2.05, 4.69) is 12.6 Å². The molecule has 0 spiro atoms. The fraction of sp³-hybridized carbons (Fsp3) is 0.250. The third-order valence-corrected chi connectivity index (χ3v) is 3.06. The van der Waals surface area contributed by atoms with Crippen LogP contribution in [0.1, 0.15) is 11.1 Å². The topological polar surface area (TPSA) is 20.3 Å². The van der Waals surface area contributed by atoms with E-state index in [0.717, 1.165) is 23.6 Å². The monoisotopic (exact) mass is 221 g/mol. The number of carbonyl (C=O) groups excluding carboxylic acids is 1. The van der Waals surface area contributed by atoms with Crippen LogP contribution in [0.15, 0.2) is 30.9 Å². The number of rotatable bonds is 1. The van der Waals surface area contributed by atoms with Crippen molar-refractivity contribution >= 4 is 17.5 Å². The van der Waals surface area contributed by atoms with E-state index in [-0.39, 0.29) is 5.91 Å². The van der Waals surface area contributed by atoms with Gasteiger partial charge in [-0.2, -0.15) is 0 Å². The zero-order valence-electron chi connectivity index (χ0n) is 8.37. The fourth-order valence-corrected chi connectivity index (χ4v) is 2.11.